The highest BCUT2D eigenvalue weighted by atomic mass is 16.2. The monoisotopic (exact) mass is 228 g/mol. The minimum Gasteiger partial charge on any atom is -0.322 e. The maximum atomic E-state index is 11.8. The van der Waals surface area contributed by atoms with Gasteiger partial charge < -0.3 is 5.73 Å². The summed E-state index contributed by atoms with van der Waals surface area (Å²) in [5.74, 6) is -0.903. The van der Waals surface area contributed by atoms with Crippen LogP contribution in [0.1, 0.15) is 10.4 Å². The van der Waals surface area contributed by atoms with Gasteiger partial charge in [0.25, 0.3) is 5.91 Å². The molecule has 0 spiro atoms. The van der Waals surface area contributed by atoms with Crippen molar-refractivity contribution < 1.29 is 9.59 Å². The number of amides is 2. The number of hydrogen-bond acceptors (Lipinski definition) is 3. The Morgan fingerprint density at radius 3 is 2.53 bits per heavy atom. The minimum absolute atomic E-state index is 0.198. The largest absolute Gasteiger partial charge is 0.322 e. The van der Waals surface area contributed by atoms with E-state index >= 15 is 0 Å². The van der Waals surface area contributed by atoms with E-state index in [1.807, 2.05) is 30.3 Å². The van der Waals surface area contributed by atoms with Crippen LogP contribution >= 0.6 is 0 Å². The third-order valence-electron chi connectivity index (χ3n) is 2.47. The molecule has 0 saturated heterocycles. The third kappa shape index (κ3) is 2.32. The molecule has 0 bridgehead atoms. The van der Waals surface area contributed by atoms with Crippen LogP contribution in [-0.4, -0.2) is 18.4 Å². The number of rotatable bonds is 2. The van der Waals surface area contributed by atoms with Crippen LogP contribution in [0.3, 0.4) is 0 Å². The van der Waals surface area contributed by atoms with Crippen molar-refractivity contribution in [1.29, 1.82) is 0 Å². The van der Waals surface area contributed by atoms with Gasteiger partial charge in [-0.15, -0.1) is 0 Å². The normalized spacial score (nSPS) is 10.2. The van der Waals surface area contributed by atoms with Crippen LogP contribution in [0.5, 0.6) is 0 Å². The van der Waals surface area contributed by atoms with E-state index in [9.17, 15) is 9.59 Å². The van der Waals surface area contributed by atoms with E-state index in [4.69, 9.17) is 5.73 Å². The molecular formula is C13H12N2O2. The summed E-state index contributed by atoms with van der Waals surface area (Å²) in [5, 5.41) is 4.01. The van der Waals surface area contributed by atoms with Crippen LogP contribution in [0.2, 0.25) is 0 Å². The van der Waals surface area contributed by atoms with Crippen molar-refractivity contribution in [3.8, 4) is 0 Å². The molecule has 0 radical (unpaired) electrons. The molecule has 0 heterocycles. The molecule has 0 unspecified atom stereocenters. The van der Waals surface area contributed by atoms with Gasteiger partial charge in [-0.25, -0.2) is 0 Å². The molecule has 0 aliphatic rings. The van der Waals surface area contributed by atoms with Gasteiger partial charge in [-0.1, -0.05) is 36.4 Å². The maximum absolute atomic E-state index is 11.8. The molecule has 0 saturated carbocycles. The minimum atomic E-state index is -0.483. The van der Waals surface area contributed by atoms with E-state index < -0.39 is 11.8 Å². The summed E-state index contributed by atoms with van der Waals surface area (Å²) >= 11 is 0. The molecule has 2 amide bonds. The molecule has 3 N–H and O–H groups in total. The first-order chi connectivity index (χ1) is 8.22. The number of carbonyl (C=O) groups excluding carboxylic acids is 2. The van der Waals surface area contributed by atoms with Gasteiger partial charge in [0.2, 0.25) is 5.91 Å². The summed E-state index contributed by atoms with van der Waals surface area (Å²) in [4.78, 5) is 22.9. The van der Waals surface area contributed by atoms with E-state index in [1.165, 1.54) is 0 Å². The fourth-order valence-corrected chi connectivity index (χ4v) is 1.67. The van der Waals surface area contributed by atoms with Crippen molar-refractivity contribution in [2.75, 3.05) is 6.54 Å². The average molecular weight is 228 g/mol. The zero-order valence-electron chi connectivity index (χ0n) is 9.14. The zero-order chi connectivity index (χ0) is 12.3. The Kier molecular flexibility index (Phi) is 3.16. The standard InChI is InChI=1S/C13H12N2O2/c14-8-12(16)15-13(17)11-7-3-5-9-4-1-2-6-10(9)11/h1-7H,8,14H2,(H,15,16,17). The smallest absolute Gasteiger partial charge is 0.258 e. The first-order valence-electron chi connectivity index (χ1n) is 5.24. The summed E-state index contributed by atoms with van der Waals surface area (Å²) in [6, 6.07) is 12.9. The number of hydrogen-bond donors (Lipinski definition) is 2. The molecule has 2 rings (SSSR count). The Labute approximate surface area is 98.4 Å². The lowest BCUT2D eigenvalue weighted by Crippen LogP contribution is -2.35. The Balaban J connectivity index is 2.41. The van der Waals surface area contributed by atoms with Gasteiger partial charge in [-0.2, -0.15) is 0 Å². The van der Waals surface area contributed by atoms with Crippen molar-refractivity contribution in [3.05, 3.63) is 48.0 Å². The Hall–Kier alpha value is -2.20. The first-order valence-corrected chi connectivity index (χ1v) is 5.24. The summed E-state index contributed by atoms with van der Waals surface area (Å²) in [6.45, 7) is -0.198. The molecule has 0 aliphatic heterocycles. The number of benzene rings is 2. The Bertz CT molecular complexity index is 573. The van der Waals surface area contributed by atoms with E-state index in [2.05, 4.69) is 5.32 Å². The molecule has 0 aliphatic carbocycles. The summed E-state index contributed by atoms with van der Waals surface area (Å²) in [6.07, 6.45) is 0. The van der Waals surface area contributed by atoms with Crippen molar-refractivity contribution in [3.63, 3.8) is 0 Å². The summed E-state index contributed by atoms with van der Waals surface area (Å²) in [7, 11) is 0. The van der Waals surface area contributed by atoms with Gasteiger partial charge in [0.05, 0.1) is 6.54 Å². The first kappa shape index (κ1) is 11.3. The predicted octanol–water partition coefficient (Wildman–Crippen LogP) is 1.05. The lowest BCUT2D eigenvalue weighted by Gasteiger charge is -2.06. The molecule has 0 atom stereocenters. The van der Waals surface area contributed by atoms with Gasteiger partial charge in [-0.3, -0.25) is 14.9 Å². The summed E-state index contributed by atoms with van der Waals surface area (Å²) < 4.78 is 0. The highest BCUT2D eigenvalue weighted by Gasteiger charge is 2.11. The molecule has 2 aromatic carbocycles. The van der Waals surface area contributed by atoms with Gasteiger partial charge in [0.1, 0.15) is 0 Å². The fraction of sp³-hybridized carbons (Fsp3) is 0.0769. The van der Waals surface area contributed by atoms with Crippen LogP contribution in [0.4, 0.5) is 0 Å². The van der Waals surface area contributed by atoms with Gasteiger partial charge >= 0.3 is 0 Å². The second kappa shape index (κ2) is 4.76. The zero-order valence-corrected chi connectivity index (χ0v) is 9.14. The van der Waals surface area contributed by atoms with Crippen LogP contribution in [0, 0.1) is 0 Å². The second-order valence-corrected chi connectivity index (χ2v) is 3.61. The van der Waals surface area contributed by atoms with Crippen LogP contribution in [0.15, 0.2) is 42.5 Å². The number of imide groups is 1. The van der Waals surface area contributed by atoms with E-state index in [0.29, 0.717) is 5.56 Å². The molecule has 86 valence electrons. The lowest BCUT2D eigenvalue weighted by molar-refractivity contribution is -0.118. The van der Waals surface area contributed by atoms with Crippen molar-refractivity contribution in [1.82, 2.24) is 5.32 Å². The highest BCUT2D eigenvalue weighted by Crippen LogP contribution is 2.18. The van der Waals surface area contributed by atoms with E-state index in [0.717, 1.165) is 10.8 Å². The van der Waals surface area contributed by atoms with Crippen molar-refractivity contribution >= 4 is 22.6 Å². The van der Waals surface area contributed by atoms with Crippen LogP contribution in [0.25, 0.3) is 10.8 Å². The third-order valence-corrected chi connectivity index (χ3v) is 2.47. The van der Waals surface area contributed by atoms with Crippen molar-refractivity contribution in [2.24, 2.45) is 5.73 Å². The number of fused-ring (bicyclic) bond motifs is 1. The molecule has 0 fully saturated rings. The molecule has 4 nitrogen and oxygen atoms in total. The van der Waals surface area contributed by atoms with Crippen LogP contribution < -0.4 is 11.1 Å². The Morgan fingerprint density at radius 1 is 1.06 bits per heavy atom. The highest BCUT2D eigenvalue weighted by molar-refractivity contribution is 6.12. The Morgan fingerprint density at radius 2 is 1.76 bits per heavy atom. The topological polar surface area (TPSA) is 72.2 Å². The van der Waals surface area contributed by atoms with Gasteiger partial charge in [-0.05, 0) is 16.8 Å². The molecule has 0 aromatic heterocycles. The van der Waals surface area contributed by atoms with E-state index in [-0.39, 0.29) is 6.54 Å². The predicted molar refractivity (Wildman–Crippen MR) is 65.5 cm³/mol. The molecular weight excluding hydrogens is 216 g/mol. The average Bonchev–Trinajstić information content (AvgIpc) is 2.37. The van der Waals surface area contributed by atoms with Gasteiger partial charge in [0.15, 0.2) is 0 Å². The fourth-order valence-electron chi connectivity index (χ4n) is 1.67. The quantitative estimate of drug-likeness (QED) is 0.807. The summed E-state index contributed by atoms with van der Waals surface area (Å²) in [5.41, 5.74) is 5.62. The maximum Gasteiger partial charge on any atom is 0.258 e. The van der Waals surface area contributed by atoms with Gasteiger partial charge in [0, 0.05) is 5.56 Å². The molecule has 2 aromatic rings. The molecule has 17 heavy (non-hydrogen) atoms. The number of nitrogens with two attached hydrogens (primary N) is 1. The lowest BCUT2D eigenvalue weighted by atomic mass is 10.0. The van der Waals surface area contributed by atoms with Crippen LogP contribution in [-0.2, 0) is 4.79 Å². The number of nitrogens with one attached hydrogen (secondary N) is 1. The van der Waals surface area contributed by atoms with E-state index in [1.54, 1.807) is 12.1 Å². The van der Waals surface area contributed by atoms with Crippen molar-refractivity contribution in [2.45, 2.75) is 0 Å². The second-order valence-electron chi connectivity index (χ2n) is 3.61. The SMILES string of the molecule is NCC(=O)NC(=O)c1cccc2ccccc12. The molecule has 4 heteroatoms. The number of carbonyl (C=O) groups is 2.